The lowest BCUT2D eigenvalue weighted by Crippen LogP contribution is -2.48. The lowest BCUT2D eigenvalue weighted by molar-refractivity contribution is -0.123. The first-order chi connectivity index (χ1) is 15.3. The van der Waals surface area contributed by atoms with Gasteiger partial charge in [-0.3, -0.25) is 4.79 Å². The highest BCUT2D eigenvalue weighted by Crippen LogP contribution is 2.27. The summed E-state index contributed by atoms with van der Waals surface area (Å²) in [4.78, 5) is 13.0. The summed E-state index contributed by atoms with van der Waals surface area (Å²) >= 11 is 6.02. The van der Waals surface area contributed by atoms with Crippen molar-refractivity contribution in [1.29, 1.82) is 0 Å². The van der Waals surface area contributed by atoms with Gasteiger partial charge in [-0.1, -0.05) is 72.3 Å². The van der Waals surface area contributed by atoms with Gasteiger partial charge in [-0.15, -0.1) is 0 Å². The highest BCUT2D eigenvalue weighted by Gasteiger charge is 2.29. The van der Waals surface area contributed by atoms with E-state index in [9.17, 15) is 13.2 Å². The molecule has 8 heteroatoms. The molecule has 0 aliphatic heterocycles. The molecule has 3 aromatic rings. The lowest BCUT2D eigenvalue weighted by atomic mass is 10.0. The van der Waals surface area contributed by atoms with E-state index >= 15 is 0 Å². The molecule has 0 aromatic heterocycles. The van der Waals surface area contributed by atoms with E-state index in [2.05, 4.69) is 10.0 Å². The van der Waals surface area contributed by atoms with E-state index in [0.717, 1.165) is 11.1 Å². The van der Waals surface area contributed by atoms with E-state index < -0.39 is 22.0 Å². The minimum Gasteiger partial charge on any atom is -0.495 e. The number of ether oxygens (including phenoxy) is 1. The van der Waals surface area contributed by atoms with Crippen LogP contribution in [0.3, 0.4) is 0 Å². The quantitative estimate of drug-likeness (QED) is 0.490. The average molecular weight is 473 g/mol. The van der Waals surface area contributed by atoms with Gasteiger partial charge in [0.1, 0.15) is 16.7 Å². The van der Waals surface area contributed by atoms with Crippen molar-refractivity contribution >= 4 is 27.5 Å². The Labute approximate surface area is 193 Å². The molecule has 0 bridgehead atoms. The summed E-state index contributed by atoms with van der Waals surface area (Å²) in [5.41, 5.74) is 1.74. The maximum Gasteiger partial charge on any atom is 0.245 e. The second kappa shape index (κ2) is 10.6. The topological polar surface area (TPSA) is 84.5 Å². The molecule has 0 saturated heterocycles. The predicted octanol–water partition coefficient (Wildman–Crippen LogP) is 4.12. The Bertz CT molecular complexity index is 1160. The van der Waals surface area contributed by atoms with Crippen molar-refractivity contribution in [3.8, 4) is 5.75 Å². The molecule has 0 spiro atoms. The first-order valence-electron chi connectivity index (χ1n) is 10.1. The number of nitrogens with one attached hydrogen (secondary N) is 2. The standard InChI is InChI=1S/C24H25ClN2O4S/c1-17(19-11-7-4-8-12-19)26-24(28)21(15-18-9-5-3-6-10-18)27-32(29,30)23-16-20(25)13-14-22(23)31-2/h3-14,16-17,21,27H,15H2,1-2H3,(H,26,28). The first-order valence-corrected chi connectivity index (χ1v) is 11.9. The van der Waals surface area contributed by atoms with Crippen LogP contribution in [-0.2, 0) is 21.2 Å². The Hall–Kier alpha value is -2.87. The van der Waals surface area contributed by atoms with E-state index in [1.54, 1.807) is 0 Å². The predicted molar refractivity (Wildman–Crippen MR) is 125 cm³/mol. The van der Waals surface area contributed by atoms with Crippen LogP contribution in [0.25, 0.3) is 0 Å². The summed E-state index contributed by atoms with van der Waals surface area (Å²) in [5, 5.41) is 3.15. The lowest BCUT2D eigenvalue weighted by Gasteiger charge is -2.22. The van der Waals surface area contributed by atoms with Crippen LogP contribution in [0.2, 0.25) is 5.02 Å². The first kappa shape index (κ1) is 23.8. The Morgan fingerprint density at radius 2 is 1.62 bits per heavy atom. The molecule has 6 nitrogen and oxygen atoms in total. The molecule has 2 atom stereocenters. The number of amides is 1. The SMILES string of the molecule is COc1ccc(Cl)cc1S(=O)(=O)NC(Cc1ccccc1)C(=O)NC(C)c1ccccc1. The molecule has 1 amide bonds. The van der Waals surface area contributed by atoms with Gasteiger partial charge in [0.05, 0.1) is 13.2 Å². The Morgan fingerprint density at radius 3 is 2.25 bits per heavy atom. The van der Waals surface area contributed by atoms with Crippen molar-refractivity contribution < 1.29 is 17.9 Å². The fourth-order valence-corrected chi connectivity index (χ4v) is 4.92. The number of hydrogen-bond donors (Lipinski definition) is 2. The maximum atomic E-state index is 13.2. The van der Waals surface area contributed by atoms with Crippen molar-refractivity contribution in [3.05, 3.63) is 95.0 Å². The zero-order valence-electron chi connectivity index (χ0n) is 17.8. The van der Waals surface area contributed by atoms with Crippen LogP contribution in [0.4, 0.5) is 0 Å². The fraction of sp³-hybridized carbons (Fsp3) is 0.208. The number of hydrogen-bond acceptors (Lipinski definition) is 4. The zero-order valence-corrected chi connectivity index (χ0v) is 19.4. The largest absolute Gasteiger partial charge is 0.495 e. The summed E-state index contributed by atoms with van der Waals surface area (Å²) in [6.07, 6.45) is 0.177. The third kappa shape index (κ3) is 6.09. The average Bonchev–Trinajstić information content (AvgIpc) is 2.79. The van der Waals surface area contributed by atoms with E-state index in [1.165, 1.54) is 25.3 Å². The fourth-order valence-electron chi connectivity index (χ4n) is 3.29. The van der Waals surface area contributed by atoms with Crippen molar-refractivity contribution in [2.45, 2.75) is 30.3 Å². The Kier molecular flexibility index (Phi) is 7.90. The molecule has 0 heterocycles. The second-order valence-corrected chi connectivity index (χ2v) is 9.42. The van der Waals surface area contributed by atoms with Gasteiger partial charge in [0.25, 0.3) is 0 Å². The molecule has 3 aromatic carbocycles. The molecular weight excluding hydrogens is 448 g/mol. The molecule has 2 N–H and O–H groups in total. The summed E-state index contributed by atoms with van der Waals surface area (Å²) in [7, 11) is -2.74. The van der Waals surface area contributed by atoms with E-state index in [-0.39, 0.29) is 28.1 Å². The number of benzene rings is 3. The van der Waals surface area contributed by atoms with Crippen LogP contribution in [0.5, 0.6) is 5.75 Å². The third-order valence-corrected chi connectivity index (χ3v) is 6.70. The maximum absolute atomic E-state index is 13.2. The van der Waals surface area contributed by atoms with Crippen LogP contribution < -0.4 is 14.8 Å². The Balaban J connectivity index is 1.89. The monoisotopic (exact) mass is 472 g/mol. The van der Waals surface area contributed by atoms with Crippen LogP contribution in [0.1, 0.15) is 24.1 Å². The smallest absolute Gasteiger partial charge is 0.245 e. The number of carbonyl (C=O) groups excluding carboxylic acids is 1. The summed E-state index contributed by atoms with van der Waals surface area (Å²) in [5.74, 6) is -0.298. The number of carbonyl (C=O) groups is 1. The molecular formula is C24H25ClN2O4S. The number of methoxy groups -OCH3 is 1. The van der Waals surface area contributed by atoms with Gasteiger partial charge in [-0.2, -0.15) is 4.72 Å². The minimum atomic E-state index is -4.11. The van der Waals surface area contributed by atoms with Gasteiger partial charge in [0.2, 0.25) is 15.9 Å². The highest BCUT2D eigenvalue weighted by molar-refractivity contribution is 7.89. The van der Waals surface area contributed by atoms with Gasteiger partial charge >= 0.3 is 0 Å². The van der Waals surface area contributed by atoms with Crippen molar-refractivity contribution in [1.82, 2.24) is 10.0 Å². The molecule has 0 aliphatic carbocycles. The van der Waals surface area contributed by atoms with Gasteiger partial charge in [0.15, 0.2) is 0 Å². The molecule has 0 radical (unpaired) electrons. The van der Waals surface area contributed by atoms with Crippen LogP contribution in [0, 0.1) is 0 Å². The minimum absolute atomic E-state index is 0.130. The number of rotatable bonds is 9. The number of sulfonamides is 1. The molecule has 32 heavy (non-hydrogen) atoms. The van der Waals surface area contributed by atoms with Crippen molar-refractivity contribution in [2.75, 3.05) is 7.11 Å². The Morgan fingerprint density at radius 1 is 1.00 bits per heavy atom. The van der Waals surface area contributed by atoms with Crippen LogP contribution in [-0.4, -0.2) is 27.5 Å². The highest BCUT2D eigenvalue weighted by atomic mass is 35.5. The summed E-state index contributed by atoms with van der Waals surface area (Å²) in [6, 6.07) is 21.6. The van der Waals surface area contributed by atoms with Gasteiger partial charge in [-0.05, 0) is 42.7 Å². The molecule has 0 fully saturated rings. The van der Waals surface area contributed by atoms with E-state index in [1.807, 2.05) is 67.6 Å². The van der Waals surface area contributed by atoms with Gasteiger partial charge in [0, 0.05) is 5.02 Å². The molecule has 0 aliphatic rings. The zero-order chi connectivity index (χ0) is 23.1. The normalized spacial score (nSPS) is 13.2. The number of halogens is 1. The van der Waals surface area contributed by atoms with Crippen molar-refractivity contribution in [3.63, 3.8) is 0 Å². The third-order valence-electron chi connectivity index (χ3n) is 4.97. The molecule has 2 unspecified atom stereocenters. The summed E-state index contributed by atoms with van der Waals surface area (Å²) < 4.78 is 34.1. The van der Waals surface area contributed by atoms with Crippen LogP contribution >= 0.6 is 11.6 Å². The van der Waals surface area contributed by atoms with Crippen LogP contribution in [0.15, 0.2) is 83.8 Å². The van der Waals surface area contributed by atoms with Crippen molar-refractivity contribution in [2.24, 2.45) is 0 Å². The van der Waals surface area contributed by atoms with E-state index in [0.29, 0.717) is 0 Å². The molecule has 0 saturated carbocycles. The van der Waals surface area contributed by atoms with Gasteiger partial charge in [-0.25, -0.2) is 8.42 Å². The summed E-state index contributed by atoms with van der Waals surface area (Å²) in [6.45, 7) is 1.85. The molecule has 3 rings (SSSR count). The van der Waals surface area contributed by atoms with E-state index in [4.69, 9.17) is 16.3 Å². The molecule has 168 valence electrons. The second-order valence-electron chi connectivity index (χ2n) is 7.30. The van der Waals surface area contributed by atoms with Gasteiger partial charge < -0.3 is 10.1 Å².